The summed E-state index contributed by atoms with van der Waals surface area (Å²) in [6.45, 7) is 3.01. The molecule has 0 aliphatic heterocycles. The van der Waals surface area contributed by atoms with E-state index < -0.39 is 0 Å². The Labute approximate surface area is 105 Å². The summed E-state index contributed by atoms with van der Waals surface area (Å²) < 4.78 is 3.11. The average Bonchev–Trinajstić information content (AvgIpc) is 2.66. The average molecular weight is 284 g/mol. The van der Waals surface area contributed by atoms with E-state index in [1.807, 2.05) is 10.9 Å². The molecule has 3 unspecified atom stereocenters. The second-order valence-electron chi connectivity index (χ2n) is 5.06. The summed E-state index contributed by atoms with van der Waals surface area (Å²) in [5.74, 6) is 2.52. The van der Waals surface area contributed by atoms with Gasteiger partial charge < -0.3 is 5.73 Å². The number of hydrogen-bond donors (Lipinski definition) is 1. The largest absolute Gasteiger partial charge is 0.322 e. The molecule has 2 aliphatic rings. The van der Waals surface area contributed by atoms with Gasteiger partial charge in [0.15, 0.2) is 0 Å². The summed E-state index contributed by atoms with van der Waals surface area (Å²) in [6.07, 6.45) is 6.06. The lowest BCUT2D eigenvalue weighted by atomic mass is 10.0. The van der Waals surface area contributed by atoms with Crippen molar-refractivity contribution < 1.29 is 0 Å². The zero-order valence-corrected chi connectivity index (χ0v) is 11.2. The molecule has 3 rings (SSSR count). The van der Waals surface area contributed by atoms with Crippen LogP contribution in [-0.4, -0.2) is 9.78 Å². The third-order valence-electron chi connectivity index (χ3n) is 4.34. The van der Waals surface area contributed by atoms with Crippen LogP contribution in [-0.2, 0) is 6.54 Å². The summed E-state index contributed by atoms with van der Waals surface area (Å²) in [5.41, 5.74) is 7.62. The number of rotatable bonds is 3. The van der Waals surface area contributed by atoms with E-state index in [2.05, 4.69) is 28.0 Å². The number of aromatic nitrogens is 2. The molecule has 1 heterocycles. The van der Waals surface area contributed by atoms with Crippen molar-refractivity contribution in [3.05, 3.63) is 16.4 Å². The Kier molecular flexibility index (Phi) is 2.59. The summed E-state index contributed by atoms with van der Waals surface area (Å²) in [5, 5.41) is 4.35. The van der Waals surface area contributed by atoms with Gasteiger partial charge in [0.05, 0.1) is 22.4 Å². The van der Waals surface area contributed by atoms with Crippen molar-refractivity contribution in [2.75, 3.05) is 0 Å². The molecular weight excluding hydrogens is 266 g/mol. The molecule has 1 aromatic rings. The monoisotopic (exact) mass is 283 g/mol. The number of hydrogen-bond acceptors (Lipinski definition) is 2. The van der Waals surface area contributed by atoms with E-state index >= 15 is 0 Å². The number of halogens is 1. The molecule has 0 radical (unpaired) electrons. The fourth-order valence-electron chi connectivity index (χ4n) is 3.55. The molecule has 2 aliphatic carbocycles. The first-order chi connectivity index (χ1) is 7.74. The van der Waals surface area contributed by atoms with Crippen molar-refractivity contribution >= 4 is 15.9 Å². The van der Waals surface area contributed by atoms with Gasteiger partial charge in [-0.3, -0.25) is 4.68 Å². The van der Waals surface area contributed by atoms with E-state index in [-0.39, 0.29) is 6.04 Å². The molecule has 3 nitrogen and oxygen atoms in total. The van der Waals surface area contributed by atoms with Crippen LogP contribution >= 0.6 is 15.9 Å². The first kappa shape index (κ1) is 10.8. The minimum Gasteiger partial charge on any atom is -0.322 e. The van der Waals surface area contributed by atoms with Crippen LogP contribution in [0.4, 0.5) is 0 Å². The molecule has 0 saturated heterocycles. The standard InChI is InChI=1S/C12H18BrN3/c1-2-16-12(9(13)6-15-16)11(14)10-7-4-3-5-8(7)10/h6-8,10-11H,2-5,14H2,1H3. The van der Waals surface area contributed by atoms with Crippen LogP contribution in [0.2, 0.25) is 0 Å². The molecule has 1 aromatic heterocycles. The maximum absolute atomic E-state index is 6.42. The molecule has 0 bridgehead atoms. The molecule has 0 amide bonds. The molecule has 4 heteroatoms. The van der Waals surface area contributed by atoms with Crippen LogP contribution in [0.1, 0.15) is 37.9 Å². The van der Waals surface area contributed by atoms with Crippen molar-refractivity contribution in [1.82, 2.24) is 9.78 Å². The lowest BCUT2D eigenvalue weighted by Gasteiger charge is -2.16. The second-order valence-corrected chi connectivity index (χ2v) is 5.91. The maximum Gasteiger partial charge on any atom is 0.0696 e. The lowest BCUT2D eigenvalue weighted by Crippen LogP contribution is -2.20. The number of fused-ring (bicyclic) bond motifs is 1. The topological polar surface area (TPSA) is 43.8 Å². The van der Waals surface area contributed by atoms with E-state index in [4.69, 9.17) is 5.73 Å². The van der Waals surface area contributed by atoms with Gasteiger partial charge in [0.2, 0.25) is 0 Å². The fraction of sp³-hybridized carbons (Fsp3) is 0.750. The summed E-state index contributed by atoms with van der Waals surface area (Å²) in [4.78, 5) is 0. The van der Waals surface area contributed by atoms with Crippen molar-refractivity contribution in [1.29, 1.82) is 0 Å². The predicted molar refractivity (Wildman–Crippen MR) is 66.9 cm³/mol. The van der Waals surface area contributed by atoms with Gasteiger partial charge in [0.25, 0.3) is 0 Å². The predicted octanol–water partition coefficient (Wildman–Crippen LogP) is 2.71. The smallest absolute Gasteiger partial charge is 0.0696 e. The molecule has 16 heavy (non-hydrogen) atoms. The molecule has 2 saturated carbocycles. The van der Waals surface area contributed by atoms with E-state index in [9.17, 15) is 0 Å². The highest BCUT2D eigenvalue weighted by Crippen LogP contribution is 2.61. The number of nitrogens with two attached hydrogens (primary N) is 1. The van der Waals surface area contributed by atoms with Crippen LogP contribution in [0.5, 0.6) is 0 Å². The van der Waals surface area contributed by atoms with Gasteiger partial charge in [-0.25, -0.2) is 0 Å². The first-order valence-electron chi connectivity index (χ1n) is 6.20. The van der Waals surface area contributed by atoms with Gasteiger partial charge in [0.1, 0.15) is 0 Å². The normalized spacial score (nSPS) is 33.8. The third-order valence-corrected chi connectivity index (χ3v) is 4.95. The van der Waals surface area contributed by atoms with Gasteiger partial charge in [-0.2, -0.15) is 5.10 Å². The molecule has 2 N–H and O–H groups in total. The second kappa shape index (κ2) is 3.84. The number of nitrogens with zero attached hydrogens (tertiary/aromatic N) is 2. The quantitative estimate of drug-likeness (QED) is 0.927. The Bertz CT molecular complexity index is 391. The van der Waals surface area contributed by atoms with Gasteiger partial charge >= 0.3 is 0 Å². The SMILES string of the molecule is CCn1ncc(Br)c1C(N)C1C2CCCC21. The van der Waals surface area contributed by atoms with Crippen molar-refractivity contribution in [2.24, 2.45) is 23.5 Å². The molecule has 0 spiro atoms. The minimum atomic E-state index is 0.173. The zero-order chi connectivity index (χ0) is 11.3. The summed E-state index contributed by atoms with van der Waals surface area (Å²) in [7, 11) is 0. The van der Waals surface area contributed by atoms with Crippen molar-refractivity contribution in [3.8, 4) is 0 Å². The highest BCUT2D eigenvalue weighted by Gasteiger charge is 2.55. The molecule has 0 aromatic carbocycles. The van der Waals surface area contributed by atoms with Crippen LogP contribution in [0.15, 0.2) is 10.7 Å². The van der Waals surface area contributed by atoms with Gasteiger partial charge in [-0.05, 0) is 53.4 Å². The van der Waals surface area contributed by atoms with E-state index in [0.29, 0.717) is 5.92 Å². The van der Waals surface area contributed by atoms with Crippen molar-refractivity contribution in [3.63, 3.8) is 0 Å². The molecular formula is C12H18BrN3. The highest BCUT2D eigenvalue weighted by molar-refractivity contribution is 9.10. The Morgan fingerprint density at radius 3 is 2.88 bits per heavy atom. The van der Waals surface area contributed by atoms with E-state index in [1.54, 1.807) is 0 Å². The zero-order valence-electron chi connectivity index (χ0n) is 9.56. The summed E-state index contributed by atoms with van der Waals surface area (Å²) >= 11 is 3.57. The van der Waals surface area contributed by atoms with Crippen LogP contribution < -0.4 is 5.73 Å². The van der Waals surface area contributed by atoms with Crippen LogP contribution in [0.3, 0.4) is 0 Å². The number of aryl methyl sites for hydroxylation is 1. The first-order valence-corrected chi connectivity index (χ1v) is 7.00. The Morgan fingerprint density at radius 1 is 1.56 bits per heavy atom. The molecule has 3 atom stereocenters. The van der Waals surface area contributed by atoms with Crippen LogP contribution in [0, 0.1) is 17.8 Å². The van der Waals surface area contributed by atoms with Crippen LogP contribution in [0.25, 0.3) is 0 Å². The van der Waals surface area contributed by atoms with Gasteiger partial charge in [-0.15, -0.1) is 0 Å². The Hall–Kier alpha value is -0.350. The van der Waals surface area contributed by atoms with Crippen molar-refractivity contribution in [2.45, 2.75) is 38.8 Å². The molecule has 2 fully saturated rings. The minimum absolute atomic E-state index is 0.173. The van der Waals surface area contributed by atoms with E-state index in [1.165, 1.54) is 25.0 Å². The lowest BCUT2D eigenvalue weighted by molar-refractivity contribution is 0.464. The van der Waals surface area contributed by atoms with E-state index in [0.717, 1.165) is 22.9 Å². The Morgan fingerprint density at radius 2 is 2.25 bits per heavy atom. The third kappa shape index (κ3) is 1.46. The maximum atomic E-state index is 6.42. The highest BCUT2D eigenvalue weighted by atomic mass is 79.9. The Balaban J connectivity index is 1.84. The van der Waals surface area contributed by atoms with Gasteiger partial charge in [-0.1, -0.05) is 6.42 Å². The van der Waals surface area contributed by atoms with Gasteiger partial charge in [0, 0.05) is 6.54 Å². The molecule has 88 valence electrons. The fourth-order valence-corrected chi connectivity index (χ4v) is 4.11. The summed E-state index contributed by atoms with van der Waals surface area (Å²) in [6, 6.07) is 0.173.